The molecule has 0 radical (unpaired) electrons. The molecule has 5 rings (SSSR count). The molecule has 0 aromatic heterocycles. The van der Waals surface area contributed by atoms with Gasteiger partial charge in [0.2, 0.25) is 0 Å². The zero-order valence-electron chi connectivity index (χ0n) is 15.4. The molecule has 1 spiro atoms. The highest BCUT2D eigenvalue weighted by Gasteiger charge is 2.62. The zero-order valence-corrected chi connectivity index (χ0v) is 16.2. The Morgan fingerprint density at radius 1 is 1.07 bits per heavy atom. The number of carbonyl (C=O) groups excluding carboxylic acids is 2. The monoisotopic (exact) mass is 440 g/mol. The third-order valence-corrected chi connectivity index (χ3v) is 7.25. The van der Waals surface area contributed by atoms with Crippen LogP contribution >= 0.6 is 0 Å². The van der Waals surface area contributed by atoms with Crippen molar-refractivity contribution in [3.8, 4) is 0 Å². The van der Waals surface area contributed by atoms with Crippen molar-refractivity contribution in [2.75, 3.05) is 19.8 Å². The quantitative estimate of drug-likeness (QED) is 0.478. The zero-order chi connectivity index (χ0) is 21.0. The molecule has 29 heavy (non-hydrogen) atoms. The van der Waals surface area contributed by atoms with Crippen LogP contribution in [-0.4, -0.2) is 61.9 Å². The van der Waals surface area contributed by atoms with Crippen molar-refractivity contribution in [1.29, 1.82) is 0 Å². The molecule has 0 aromatic rings. The van der Waals surface area contributed by atoms with E-state index in [-0.39, 0.29) is 13.2 Å². The van der Waals surface area contributed by atoms with Crippen molar-refractivity contribution in [3.63, 3.8) is 0 Å². The molecular formula is C17H22F2O9S. The van der Waals surface area contributed by atoms with Crippen LogP contribution in [0.3, 0.4) is 0 Å². The number of hydrogen-bond acceptors (Lipinski definition) is 8. The van der Waals surface area contributed by atoms with Crippen molar-refractivity contribution in [1.82, 2.24) is 0 Å². The summed E-state index contributed by atoms with van der Waals surface area (Å²) < 4.78 is 76.3. The second-order valence-electron chi connectivity index (χ2n) is 8.33. The van der Waals surface area contributed by atoms with Crippen LogP contribution in [-0.2, 0) is 38.7 Å². The lowest BCUT2D eigenvalue weighted by Crippen LogP contribution is -2.58. The number of carbonyl (C=O) groups is 2. The summed E-state index contributed by atoms with van der Waals surface area (Å²) in [6, 6.07) is 0. The maximum Gasteiger partial charge on any atom is 0.465 e. The smallest absolute Gasteiger partial charge is 0.460 e. The number of ether oxygens (including phenoxy) is 4. The van der Waals surface area contributed by atoms with Crippen LogP contribution in [0, 0.1) is 23.7 Å². The first-order valence-corrected chi connectivity index (χ1v) is 10.9. The van der Waals surface area contributed by atoms with Crippen LogP contribution in [0.2, 0.25) is 0 Å². The fourth-order valence-electron chi connectivity index (χ4n) is 5.44. The Balaban J connectivity index is 1.25. The average Bonchev–Trinajstić information content (AvgIpc) is 3.06. The Labute approximate surface area is 165 Å². The van der Waals surface area contributed by atoms with Gasteiger partial charge in [-0.05, 0) is 43.9 Å². The van der Waals surface area contributed by atoms with Crippen molar-refractivity contribution < 1.29 is 50.3 Å². The lowest BCUT2D eigenvalue weighted by molar-refractivity contribution is -0.295. The second-order valence-corrected chi connectivity index (χ2v) is 9.79. The summed E-state index contributed by atoms with van der Waals surface area (Å²) in [5.41, 5.74) is 0. The number of hydrogen-bond donors (Lipinski definition) is 1. The van der Waals surface area contributed by atoms with Crippen LogP contribution in [0.4, 0.5) is 8.78 Å². The van der Waals surface area contributed by atoms with Crippen LogP contribution < -0.4 is 0 Å². The molecule has 1 N–H and O–H groups in total. The van der Waals surface area contributed by atoms with Gasteiger partial charge in [-0.1, -0.05) is 0 Å². The fraction of sp³-hybridized carbons (Fsp3) is 0.882. The van der Waals surface area contributed by atoms with Crippen molar-refractivity contribution >= 4 is 22.1 Å². The maximum atomic E-state index is 13.1. The molecule has 164 valence electrons. The number of esters is 2. The average molecular weight is 440 g/mol. The highest BCUT2D eigenvalue weighted by molar-refractivity contribution is 7.87. The van der Waals surface area contributed by atoms with Crippen LogP contribution in [0.5, 0.6) is 0 Å². The van der Waals surface area contributed by atoms with Gasteiger partial charge in [-0.15, -0.1) is 0 Å². The summed E-state index contributed by atoms with van der Waals surface area (Å²) in [7, 11) is -6.00. The van der Waals surface area contributed by atoms with Crippen LogP contribution in [0.1, 0.15) is 32.1 Å². The Morgan fingerprint density at radius 2 is 1.66 bits per heavy atom. The van der Waals surface area contributed by atoms with Gasteiger partial charge < -0.3 is 18.9 Å². The Morgan fingerprint density at radius 3 is 2.21 bits per heavy atom. The molecule has 9 nitrogen and oxygen atoms in total. The molecule has 1 heterocycles. The van der Waals surface area contributed by atoms with Gasteiger partial charge in [-0.25, -0.2) is 9.59 Å². The van der Waals surface area contributed by atoms with E-state index in [0.29, 0.717) is 11.8 Å². The van der Waals surface area contributed by atoms with E-state index in [1.807, 2.05) is 0 Å². The molecule has 1 unspecified atom stereocenters. The van der Waals surface area contributed by atoms with Crippen LogP contribution in [0.25, 0.3) is 0 Å². The molecule has 5 fully saturated rings. The van der Waals surface area contributed by atoms with Gasteiger partial charge in [-0.2, -0.15) is 17.2 Å². The largest absolute Gasteiger partial charge is 0.465 e. The van der Waals surface area contributed by atoms with E-state index in [0.717, 1.165) is 37.5 Å². The fourth-order valence-corrected chi connectivity index (χ4v) is 5.71. The summed E-state index contributed by atoms with van der Waals surface area (Å²) in [6.07, 6.45) is 5.02. The minimum atomic E-state index is -6.00. The van der Waals surface area contributed by atoms with Crippen LogP contribution in [0.15, 0.2) is 0 Å². The minimum absolute atomic E-state index is 0.209. The third kappa shape index (κ3) is 3.64. The van der Waals surface area contributed by atoms with Gasteiger partial charge in [0.05, 0.1) is 6.61 Å². The molecule has 4 aliphatic carbocycles. The predicted molar refractivity (Wildman–Crippen MR) is 89.0 cm³/mol. The highest BCUT2D eigenvalue weighted by Crippen LogP contribution is 2.61. The standard InChI is InChI=1S/C17H22F2O9S/c18-17(19,29(22,23)24)15(21)26-8-14(20)25-6-13-7-27-16(28-13)11-2-9-1-10(4-11)5-12(16)3-9/h9-13H,1-8H2,(H,22,23,24). The molecule has 0 aromatic carbocycles. The Bertz CT molecular complexity index is 769. The number of alkyl halides is 2. The van der Waals surface area contributed by atoms with Gasteiger partial charge in [-0.3, -0.25) is 4.55 Å². The molecular weight excluding hydrogens is 418 g/mol. The van der Waals surface area contributed by atoms with Gasteiger partial charge in [0.1, 0.15) is 12.7 Å². The molecule has 12 heteroatoms. The Kier molecular flexibility index (Phi) is 5.11. The van der Waals surface area contributed by atoms with E-state index < -0.39 is 45.8 Å². The molecule has 5 aliphatic rings. The topological polar surface area (TPSA) is 125 Å². The summed E-state index contributed by atoms with van der Waals surface area (Å²) in [5, 5.41) is -5.17. The maximum absolute atomic E-state index is 13.1. The second kappa shape index (κ2) is 7.10. The molecule has 4 saturated carbocycles. The first kappa shape index (κ1) is 20.9. The van der Waals surface area contributed by atoms with Crippen molar-refractivity contribution in [2.24, 2.45) is 23.7 Å². The lowest BCUT2D eigenvalue weighted by atomic mass is 9.53. The van der Waals surface area contributed by atoms with Gasteiger partial charge in [0.15, 0.2) is 12.4 Å². The van der Waals surface area contributed by atoms with E-state index in [1.54, 1.807) is 0 Å². The summed E-state index contributed by atoms with van der Waals surface area (Å²) in [5.74, 6) is -2.27. The van der Waals surface area contributed by atoms with Crippen molar-refractivity contribution in [3.05, 3.63) is 0 Å². The van der Waals surface area contributed by atoms with Gasteiger partial charge in [0.25, 0.3) is 0 Å². The van der Waals surface area contributed by atoms with E-state index in [4.69, 9.17) is 18.8 Å². The number of halogens is 2. The highest BCUT2D eigenvalue weighted by atomic mass is 32.2. The normalized spacial score (nSPS) is 38.4. The lowest BCUT2D eigenvalue weighted by Gasteiger charge is -2.58. The Hall–Kier alpha value is -1.37. The first-order valence-electron chi connectivity index (χ1n) is 9.50. The number of rotatable bonds is 6. The van der Waals surface area contributed by atoms with E-state index in [2.05, 4.69) is 4.74 Å². The molecule has 0 amide bonds. The van der Waals surface area contributed by atoms with Gasteiger partial charge in [0, 0.05) is 11.8 Å². The van der Waals surface area contributed by atoms with E-state index in [9.17, 15) is 26.8 Å². The molecule has 1 saturated heterocycles. The first-order chi connectivity index (χ1) is 13.5. The van der Waals surface area contributed by atoms with Gasteiger partial charge >= 0.3 is 27.3 Å². The van der Waals surface area contributed by atoms with E-state index in [1.165, 1.54) is 6.42 Å². The predicted octanol–water partition coefficient (Wildman–Crippen LogP) is 1.12. The summed E-state index contributed by atoms with van der Waals surface area (Å²) in [4.78, 5) is 22.7. The molecule has 4 bridgehead atoms. The third-order valence-electron chi connectivity index (χ3n) is 6.43. The van der Waals surface area contributed by atoms with Crippen molar-refractivity contribution in [2.45, 2.75) is 49.2 Å². The summed E-state index contributed by atoms with van der Waals surface area (Å²) in [6.45, 7) is -1.20. The SMILES string of the molecule is O=C(COC(=O)C(F)(F)S(=O)(=O)O)OCC1COC2(O1)C1CC3CC(C1)CC2C3. The molecule has 1 atom stereocenters. The molecule has 1 aliphatic heterocycles. The summed E-state index contributed by atoms with van der Waals surface area (Å²) >= 11 is 0. The van der Waals surface area contributed by atoms with E-state index >= 15 is 0 Å². The minimum Gasteiger partial charge on any atom is -0.460 e.